The molecule has 0 saturated heterocycles. The smallest absolute Gasteiger partial charge is 0.170 e. The molecule has 1 aliphatic carbocycles. The van der Waals surface area contributed by atoms with E-state index in [9.17, 15) is 4.79 Å². The van der Waals surface area contributed by atoms with Gasteiger partial charge in [-0.05, 0) is 24.3 Å². The maximum atomic E-state index is 10.5. The van der Waals surface area contributed by atoms with E-state index in [0.29, 0.717) is 11.6 Å². The van der Waals surface area contributed by atoms with Crippen LogP contribution in [-0.4, -0.2) is 20.9 Å². The van der Waals surface area contributed by atoms with Gasteiger partial charge in [-0.15, -0.1) is 0 Å². The Morgan fingerprint density at radius 2 is 2.36 bits per heavy atom. The molecule has 1 saturated carbocycles. The summed E-state index contributed by atoms with van der Waals surface area (Å²) in [6.07, 6.45) is 7.08. The fraction of sp³-hybridized carbons (Fsp3) is 0.300. The lowest BCUT2D eigenvalue weighted by Gasteiger charge is -1.97. The van der Waals surface area contributed by atoms with Crippen LogP contribution in [0.4, 0.5) is 0 Å². The maximum absolute atomic E-state index is 10.5. The second kappa shape index (κ2) is 2.64. The molecule has 0 bridgehead atoms. The van der Waals surface area contributed by atoms with Crippen LogP contribution in [0.1, 0.15) is 34.8 Å². The van der Waals surface area contributed by atoms with Crippen molar-refractivity contribution in [3.8, 4) is 0 Å². The third kappa shape index (κ3) is 1.11. The summed E-state index contributed by atoms with van der Waals surface area (Å²) in [6, 6.07) is 1.68. The van der Waals surface area contributed by atoms with Gasteiger partial charge in [-0.1, -0.05) is 0 Å². The first-order valence-corrected chi connectivity index (χ1v) is 4.67. The summed E-state index contributed by atoms with van der Waals surface area (Å²) in [5.41, 5.74) is 2.39. The van der Waals surface area contributed by atoms with Gasteiger partial charge in [-0.2, -0.15) is 5.10 Å². The minimum Gasteiger partial charge on any atom is -0.296 e. The quantitative estimate of drug-likeness (QED) is 0.668. The first-order valence-electron chi connectivity index (χ1n) is 4.67. The van der Waals surface area contributed by atoms with Crippen molar-refractivity contribution in [2.45, 2.75) is 18.8 Å². The van der Waals surface area contributed by atoms with E-state index in [2.05, 4.69) is 10.1 Å². The fourth-order valence-corrected chi connectivity index (χ4v) is 1.59. The van der Waals surface area contributed by atoms with Crippen molar-refractivity contribution in [3.05, 3.63) is 29.7 Å². The predicted molar refractivity (Wildman–Crippen MR) is 50.3 cm³/mol. The van der Waals surface area contributed by atoms with Gasteiger partial charge in [0.15, 0.2) is 11.9 Å². The van der Waals surface area contributed by atoms with Crippen molar-refractivity contribution in [1.82, 2.24) is 14.6 Å². The Hall–Kier alpha value is -1.71. The Morgan fingerprint density at radius 3 is 3.07 bits per heavy atom. The van der Waals surface area contributed by atoms with E-state index in [1.54, 1.807) is 10.6 Å². The zero-order valence-corrected chi connectivity index (χ0v) is 7.55. The molecule has 4 heteroatoms. The van der Waals surface area contributed by atoms with Gasteiger partial charge in [0, 0.05) is 18.5 Å². The first kappa shape index (κ1) is 7.67. The number of aldehydes is 1. The first-order chi connectivity index (χ1) is 6.86. The Kier molecular flexibility index (Phi) is 1.45. The van der Waals surface area contributed by atoms with Crippen molar-refractivity contribution < 1.29 is 4.79 Å². The molecule has 2 heterocycles. The van der Waals surface area contributed by atoms with Gasteiger partial charge in [0.2, 0.25) is 0 Å². The molecule has 14 heavy (non-hydrogen) atoms. The normalized spacial score (nSPS) is 16.0. The zero-order chi connectivity index (χ0) is 9.54. The number of hydrogen-bond acceptors (Lipinski definition) is 3. The average Bonchev–Trinajstić information content (AvgIpc) is 2.97. The summed E-state index contributed by atoms with van der Waals surface area (Å²) >= 11 is 0. The van der Waals surface area contributed by atoms with Gasteiger partial charge in [0.05, 0.1) is 0 Å². The number of rotatable bonds is 2. The summed E-state index contributed by atoms with van der Waals surface area (Å²) in [6.45, 7) is 0. The van der Waals surface area contributed by atoms with Gasteiger partial charge in [0.1, 0.15) is 5.69 Å². The topological polar surface area (TPSA) is 47.3 Å². The molecule has 0 N–H and O–H groups in total. The highest BCUT2D eigenvalue weighted by atomic mass is 16.1. The van der Waals surface area contributed by atoms with Crippen LogP contribution in [0.3, 0.4) is 0 Å². The number of fused-ring (bicyclic) bond motifs is 1. The van der Waals surface area contributed by atoms with Crippen molar-refractivity contribution in [3.63, 3.8) is 0 Å². The second-order valence-corrected chi connectivity index (χ2v) is 3.65. The molecule has 2 aromatic rings. The van der Waals surface area contributed by atoms with E-state index in [1.807, 2.05) is 12.4 Å². The van der Waals surface area contributed by atoms with Gasteiger partial charge in [0.25, 0.3) is 0 Å². The minimum atomic E-state index is 0.436. The van der Waals surface area contributed by atoms with E-state index in [4.69, 9.17) is 0 Å². The second-order valence-electron chi connectivity index (χ2n) is 3.65. The Balaban J connectivity index is 2.16. The number of carbonyl (C=O) groups is 1. The van der Waals surface area contributed by atoms with Crippen LogP contribution in [0.5, 0.6) is 0 Å². The lowest BCUT2D eigenvalue weighted by molar-refractivity contribution is 0.111. The summed E-state index contributed by atoms with van der Waals surface area (Å²) in [7, 11) is 0. The Labute approximate surface area is 80.6 Å². The lowest BCUT2D eigenvalue weighted by Crippen LogP contribution is -1.93. The van der Waals surface area contributed by atoms with E-state index in [0.717, 1.165) is 11.9 Å². The summed E-state index contributed by atoms with van der Waals surface area (Å²) in [5, 5.41) is 4.09. The Morgan fingerprint density at radius 1 is 1.50 bits per heavy atom. The third-order valence-electron chi connectivity index (χ3n) is 2.52. The molecule has 0 atom stereocenters. The minimum absolute atomic E-state index is 0.436. The molecule has 0 aromatic carbocycles. The molecule has 0 spiro atoms. The van der Waals surface area contributed by atoms with E-state index in [1.165, 1.54) is 18.4 Å². The van der Waals surface area contributed by atoms with Crippen LogP contribution in [0.15, 0.2) is 18.5 Å². The molecular weight excluding hydrogens is 178 g/mol. The molecule has 0 aliphatic heterocycles. The summed E-state index contributed by atoms with van der Waals surface area (Å²) < 4.78 is 1.68. The van der Waals surface area contributed by atoms with Crippen molar-refractivity contribution in [1.29, 1.82) is 0 Å². The van der Waals surface area contributed by atoms with Crippen LogP contribution in [-0.2, 0) is 0 Å². The van der Waals surface area contributed by atoms with Gasteiger partial charge in [-0.25, -0.2) is 9.50 Å². The zero-order valence-electron chi connectivity index (χ0n) is 7.55. The molecule has 0 amide bonds. The van der Waals surface area contributed by atoms with Gasteiger partial charge >= 0.3 is 0 Å². The monoisotopic (exact) mass is 187 g/mol. The molecule has 3 rings (SSSR count). The number of carbonyl (C=O) groups excluding carboxylic acids is 1. The van der Waals surface area contributed by atoms with Crippen molar-refractivity contribution in [2.24, 2.45) is 0 Å². The molecule has 4 nitrogen and oxygen atoms in total. The number of hydrogen-bond donors (Lipinski definition) is 0. The van der Waals surface area contributed by atoms with Gasteiger partial charge < -0.3 is 0 Å². The number of nitrogens with zero attached hydrogens (tertiary/aromatic N) is 3. The van der Waals surface area contributed by atoms with Crippen LogP contribution in [0.2, 0.25) is 0 Å². The maximum Gasteiger partial charge on any atom is 0.170 e. The standard InChI is InChI=1S/C10H9N3O/c14-6-9-3-10-11-4-8(7-1-2-7)5-13(10)12-9/h3-7H,1-2H2. The van der Waals surface area contributed by atoms with Crippen molar-refractivity contribution >= 4 is 11.9 Å². The molecule has 1 fully saturated rings. The van der Waals surface area contributed by atoms with E-state index >= 15 is 0 Å². The highest BCUT2D eigenvalue weighted by Gasteiger charge is 2.24. The van der Waals surface area contributed by atoms with Crippen LogP contribution in [0.25, 0.3) is 5.65 Å². The largest absolute Gasteiger partial charge is 0.296 e. The summed E-state index contributed by atoms with van der Waals surface area (Å²) in [4.78, 5) is 14.8. The fourth-order valence-electron chi connectivity index (χ4n) is 1.59. The predicted octanol–water partition coefficient (Wildman–Crippen LogP) is 1.42. The highest BCUT2D eigenvalue weighted by molar-refractivity contribution is 5.73. The molecular formula is C10H9N3O. The van der Waals surface area contributed by atoms with E-state index in [-0.39, 0.29) is 0 Å². The van der Waals surface area contributed by atoms with Crippen molar-refractivity contribution in [2.75, 3.05) is 0 Å². The Bertz CT molecular complexity index is 499. The third-order valence-corrected chi connectivity index (χ3v) is 2.52. The molecule has 70 valence electrons. The molecule has 2 aromatic heterocycles. The molecule has 1 aliphatic rings. The van der Waals surface area contributed by atoms with Crippen LogP contribution in [0, 0.1) is 0 Å². The van der Waals surface area contributed by atoms with Crippen LogP contribution < -0.4 is 0 Å². The highest BCUT2D eigenvalue weighted by Crippen LogP contribution is 2.39. The number of aromatic nitrogens is 3. The molecule has 0 unspecified atom stereocenters. The lowest BCUT2D eigenvalue weighted by atomic mass is 10.2. The summed E-state index contributed by atoms with van der Waals surface area (Å²) in [5.74, 6) is 0.663. The van der Waals surface area contributed by atoms with E-state index < -0.39 is 0 Å². The average molecular weight is 187 g/mol. The molecule has 0 radical (unpaired) electrons. The SMILES string of the molecule is O=Cc1cc2ncc(C3CC3)cn2n1. The van der Waals surface area contributed by atoms with Gasteiger partial charge in [-0.3, -0.25) is 4.79 Å². The van der Waals surface area contributed by atoms with Crippen LogP contribution >= 0.6 is 0 Å².